The van der Waals surface area contributed by atoms with Crippen molar-refractivity contribution in [2.24, 2.45) is 0 Å². The fraction of sp³-hybridized carbons (Fsp3) is 0.0417. The van der Waals surface area contributed by atoms with Crippen LogP contribution in [-0.4, -0.2) is 21.1 Å². The number of carbonyl (C=O) groups is 2. The number of halogens is 1. The molecule has 2 amide bonds. The van der Waals surface area contributed by atoms with E-state index in [1.165, 1.54) is 0 Å². The molecule has 1 aliphatic rings. The zero-order chi connectivity index (χ0) is 22.7. The predicted octanol–water partition coefficient (Wildman–Crippen LogP) is 5.99. The number of hydrazine groups is 1. The van der Waals surface area contributed by atoms with Crippen LogP contribution in [-0.2, 0) is 4.79 Å². The minimum absolute atomic E-state index is 0.231. The Morgan fingerprint density at radius 1 is 1.06 bits per heavy atom. The lowest BCUT2D eigenvalue weighted by molar-refractivity contribution is -0.123. The second kappa shape index (κ2) is 9.56. The van der Waals surface area contributed by atoms with Gasteiger partial charge < -0.3 is 4.74 Å². The zero-order valence-electron chi connectivity index (χ0n) is 16.9. The fourth-order valence-electron chi connectivity index (χ4n) is 2.97. The normalized spacial score (nSPS) is 14.7. The van der Waals surface area contributed by atoms with Crippen LogP contribution in [0, 0.1) is 6.92 Å². The van der Waals surface area contributed by atoms with Crippen LogP contribution in [0.15, 0.2) is 77.7 Å². The largest absolute Gasteiger partial charge is 0.457 e. The number of thiocarbonyl (C=S) groups is 1. The fourth-order valence-corrected chi connectivity index (χ4v) is 4.47. The Bertz CT molecular complexity index is 1250. The lowest BCUT2D eigenvalue weighted by Gasteiger charge is -2.16. The molecule has 0 unspecified atom stereocenters. The molecular formula is C24H17ClN2O3S2. The molecular weight excluding hydrogens is 464 g/mol. The predicted molar refractivity (Wildman–Crippen MR) is 132 cm³/mol. The molecule has 0 aliphatic carbocycles. The molecule has 3 aromatic rings. The average Bonchev–Trinajstić information content (AvgIpc) is 3.02. The summed E-state index contributed by atoms with van der Waals surface area (Å²) >= 11 is 12.6. The number of nitrogens with zero attached hydrogens (tertiary/aromatic N) is 1. The second-order valence-corrected chi connectivity index (χ2v) is 9.01. The molecule has 0 atom stereocenters. The summed E-state index contributed by atoms with van der Waals surface area (Å²) in [5.74, 6) is 0.438. The molecule has 1 saturated heterocycles. The molecule has 1 heterocycles. The van der Waals surface area contributed by atoms with Gasteiger partial charge in [0.1, 0.15) is 11.5 Å². The topological polar surface area (TPSA) is 58.6 Å². The van der Waals surface area contributed by atoms with Crippen molar-refractivity contribution in [1.82, 2.24) is 10.4 Å². The summed E-state index contributed by atoms with van der Waals surface area (Å²) in [6, 6.07) is 21.8. The van der Waals surface area contributed by atoms with E-state index in [9.17, 15) is 9.59 Å². The van der Waals surface area contributed by atoms with Crippen LogP contribution in [0.25, 0.3) is 6.08 Å². The zero-order valence-corrected chi connectivity index (χ0v) is 19.3. The van der Waals surface area contributed by atoms with Gasteiger partial charge in [-0.15, -0.1) is 0 Å². The quantitative estimate of drug-likeness (QED) is 0.359. The number of ether oxygens (including phenoxy) is 1. The summed E-state index contributed by atoms with van der Waals surface area (Å²) in [5, 5.41) is 1.37. The molecule has 5 nitrogen and oxygen atoms in total. The third-order valence-electron chi connectivity index (χ3n) is 4.51. The van der Waals surface area contributed by atoms with Crippen LogP contribution in [0.4, 0.5) is 0 Å². The molecule has 3 aromatic carbocycles. The number of hydrogen-bond donors (Lipinski definition) is 1. The third-order valence-corrected chi connectivity index (χ3v) is 6.13. The van der Waals surface area contributed by atoms with E-state index in [-0.39, 0.29) is 9.88 Å². The van der Waals surface area contributed by atoms with Gasteiger partial charge in [-0.1, -0.05) is 59.8 Å². The van der Waals surface area contributed by atoms with Crippen molar-refractivity contribution >= 4 is 57.8 Å². The van der Waals surface area contributed by atoms with E-state index in [0.29, 0.717) is 21.4 Å². The smallest absolute Gasteiger partial charge is 0.285 e. The van der Waals surface area contributed by atoms with Crippen LogP contribution >= 0.6 is 35.6 Å². The number of nitrogens with one attached hydrogen (secondary N) is 1. The highest BCUT2D eigenvalue weighted by atomic mass is 35.5. The molecule has 4 rings (SSSR count). The van der Waals surface area contributed by atoms with Crippen LogP contribution in [0.1, 0.15) is 21.5 Å². The average molecular weight is 481 g/mol. The van der Waals surface area contributed by atoms with E-state index < -0.39 is 11.8 Å². The molecule has 0 bridgehead atoms. The molecule has 1 N–H and O–H groups in total. The second-order valence-electron chi connectivity index (χ2n) is 6.93. The van der Waals surface area contributed by atoms with Crippen molar-refractivity contribution in [2.45, 2.75) is 6.92 Å². The molecule has 0 saturated carbocycles. The number of para-hydroxylation sites is 1. The van der Waals surface area contributed by atoms with Crippen LogP contribution in [0.5, 0.6) is 11.5 Å². The summed E-state index contributed by atoms with van der Waals surface area (Å²) < 4.78 is 6.08. The Labute approximate surface area is 200 Å². The number of thioether (sulfide) groups is 1. The monoisotopic (exact) mass is 480 g/mol. The van der Waals surface area contributed by atoms with Crippen molar-refractivity contribution in [3.8, 4) is 11.5 Å². The summed E-state index contributed by atoms with van der Waals surface area (Å²) in [6.07, 6.45) is 1.71. The number of carbonyl (C=O) groups excluding carboxylic acids is 2. The molecule has 0 spiro atoms. The lowest BCUT2D eigenvalue weighted by atomic mass is 10.1. The molecule has 32 heavy (non-hydrogen) atoms. The van der Waals surface area contributed by atoms with Crippen molar-refractivity contribution < 1.29 is 14.3 Å². The molecule has 1 aliphatic heterocycles. The summed E-state index contributed by atoms with van der Waals surface area (Å²) in [4.78, 5) is 25.9. The Morgan fingerprint density at radius 3 is 2.56 bits per heavy atom. The van der Waals surface area contributed by atoms with Gasteiger partial charge in [-0.25, -0.2) is 0 Å². The van der Waals surface area contributed by atoms with E-state index >= 15 is 0 Å². The number of hydrogen-bond acceptors (Lipinski definition) is 5. The summed E-state index contributed by atoms with van der Waals surface area (Å²) in [7, 11) is 0. The highest BCUT2D eigenvalue weighted by Gasteiger charge is 2.34. The Morgan fingerprint density at radius 2 is 1.81 bits per heavy atom. The van der Waals surface area contributed by atoms with Gasteiger partial charge in [-0.3, -0.25) is 15.0 Å². The SMILES string of the molecule is Cc1ccc(C(=O)NN2C(=O)/C(=C\c3cccc(Oc4ccccc4)c3)SC2=S)c(Cl)c1. The maximum atomic E-state index is 12.9. The Kier molecular flexibility index (Phi) is 6.60. The molecule has 1 fully saturated rings. The van der Waals surface area contributed by atoms with Gasteiger partial charge in [-0.05, 0) is 72.7 Å². The van der Waals surface area contributed by atoms with Gasteiger partial charge in [0.05, 0.1) is 15.5 Å². The van der Waals surface area contributed by atoms with Gasteiger partial charge in [-0.2, -0.15) is 5.01 Å². The van der Waals surface area contributed by atoms with Crippen molar-refractivity contribution in [3.05, 3.63) is 99.4 Å². The van der Waals surface area contributed by atoms with Gasteiger partial charge in [0, 0.05) is 0 Å². The van der Waals surface area contributed by atoms with Crippen molar-refractivity contribution in [3.63, 3.8) is 0 Å². The lowest BCUT2D eigenvalue weighted by Crippen LogP contribution is -2.44. The van der Waals surface area contributed by atoms with Crippen LogP contribution in [0.2, 0.25) is 5.02 Å². The highest BCUT2D eigenvalue weighted by Crippen LogP contribution is 2.32. The van der Waals surface area contributed by atoms with E-state index in [4.69, 9.17) is 28.6 Å². The minimum atomic E-state index is -0.509. The van der Waals surface area contributed by atoms with Crippen molar-refractivity contribution in [2.75, 3.05) is 0 Å². The van der Waals surface area contributed by atoms with E-state index in [1.807, 2.05) is 61.5 Å². The van der Waals surface area contributed by atoms with Crippen LogP contribution in [0.3, 0.4) is 0 Å². The molecule has 8 heteroatoms. The Balaban J connectivity index is 1.50. The summed E-state index contributed by atoms with van der Waals surface area (Å²) in [6.45, 7) is 1.88. The number of aryl methyl sites for hydroxylation is 1. The van der Waals surface area contributed by atoms with E-state index in [2.05, 4.69) is 5.43 Å². The number of benzene rings is 3. The number of rotatable bonds is 5. The Hall–Kier alpha value is -3.13. The van der Waals surface area contributed by atoms with Gasteiger partial charge >= 0.3 is 0 Å². The first-order valence-electron chi connectivity index (χ1n) is 9.59. The first kappa shape index (κ1) is 22.1. The standard InChI is InChI=1S/C24H17ClN2O3S2/c1-15-10-11-19(20(25)12-15)22(28)26-27-23(29)21(32-24(27)31)14-16-6-5-9-18(13-16)30-17-7-3-2-4-8-17/h2-14H,1H3,(H,26,28)/b21-14+. The van der Waals surface area contributed by atoms with Crippen LogP contribution < -0.4 is 10.2 Å². The first-order valence-corrected chi connectivity index (χ1v) is 11.2. The first-order chi connectivity index (χ1) is 15.4. The van der Waals surface area contributed by atoms with Gasteiger partial charge in [0.15, 0.2) is 4.32 Å². The summed E-state index contributed by atoms with van der Waals surface area (Å²) in [5.41, 5.74) is 4.51. The molecule has 160 valence electrons. The molecule has 0 aromatic heterocycles. The van der Waals surface area contributed by atoms with Crippen molar-refractivity contribution in [1.29, 1.82) is 0 Å². The van der Waals surface area contributed by atoms with E-state index in [0.717, 1.165) is 27.9 Å². The van der Waals surface area contributed by atoms with E-state index in [1.54, 1.807) is 24.3 Å². The highest BCUT2D eigenvalue weighted by molar-refractivity contribution is 8.26. The van der Waals surface area contributed by atoms with Gasteiger partial charge in [0.2, 0.25) is 0 Å². The third kappa shape index (κ3) is 5.02. The number of amides is 2. The minimum Gasteiger partial charge on any atom is -0.457 e. The maximum Gasteiger partial charge on any atom is 0.285 e. The molecule has 0 radical (unpaired) electrons. The maximum absolute atomic E-state index is 12.9. The van der Waals surface area contributed by atoms with Gasteiger partial charge in [0.25, 0.3) is 11.8 Å².